The Balaban J connectivity index is 3.03. The first-order valence-corrected chi connectivity index (χ1v) is 4.15. The highest BCUT2D eigenvalue weighted by atomic mass is 16.1. The van der Waals surface area contributed by atoms with Gasteiger partial charge in [0, 0.05) is 18.6 Å². The molecule has 5 heteroatoms. The summed E-state index contributed by atoms with van der Waals surface area (Å²) in [5, 5.41) is 0. The second-order valence-corrected chi connectivity index (χ2v) is 2.45. The van der Waals surface area contributed by atoms with Crippen LogP contribution in [0.4, 0.5) is 0 Å². The molecule has 0 aliphatic carbocycles. The van der Waals surface area contributed by atoms with Gasteiger partial charge < -0.3 is 0 Å². The third kappa shape index (κ3) is 2.84. The lowest BCUT2D eigenvalue weighted by atomic mass is 10.5. The zero-order valence-corrected chi connectivity index (χ0v) is 8.08. The number of carbonyl (C=O) groups excluding carboxylic acids is 1. The van der Waals surface area contributed by atoms with Gasteiger partial charge >= 0.3 is 0 Å². The van der Waals surface area contributed by atoms with Gasteiger partial charge in [-0.1, -0.05) is 19.2 Å². The summed E-state index contributed by atoms with van der Waals surface area (Å²) < 4.78 is 1.52. The summed E-state index contributed by atoms with van der Waals surface area (Å²) in [7, 11) is 0. The molecule has 0 radical (unpaired) electrons. The Morgan fingerprint density at radius 2 is 2.33 bits per heavy atom. The largest absolute Gasteiger partial charge is 0.296 e. The van der Waals surface area contributed by atoms with Crippen LogP contribution < -0.4 is 0 Å². The van der Waals surface area contributed by atoms with Gasteiger partial charge in [0.05, 0.1) is 0 Å². The maximum atomic E-state index is 10.4. The number of hydrogen-bond donors (Lipinski definition) is 0. The number of aldehydes is 1. The van der Waals surface area contributed by atoms with Crippen LogP contribution in [0.3, 0.4) is 0 Å². The minimum Gasteiger partial charge on any atom is -0.296 e. The molecule has 0 spiro atoms. The minimum atomic E-state index is 0.320. The van der Waals surface area contributed by atoms with E-state index in [0.29, 0.717) is 17.9 Å². The Kier molecular flexibility index (Phi) is 3.91. The van der Waals surface area contributed by atoms with E-state index in [0.717, 1.165) is 0 Å². The Labute approximate surface area is 87.2 Å². The van der Waals surface area contributed by atoms with Gasteiger partial charge in [0.15, 0.2) is 6.29 Å². The number of aromatic nitrogens is 2. The van der Waals surface area contributed by atoms with Crippen LogP contribution in [0, 0.1) is 0 Å². The SMILES string of the molecule is C=CC=NC(=NC=C)n1cnc(C=O)c1. The van der Waals surface area contributed by atoms with E-state index in [1.807, 2.05) is 0 Å². The van der Waals surface area contributed by atoms with E-state index >= 15 is 0 Å². The van der Waals surface area contributed by atoms with Crippen molar-refractivity contribution in [1.82, 2.24) is 9.55 Å². The molecule has 0 aliphatic heterocycles. The number of rotatable bonds is 3. The molecule has 0 atom stereocenters. The summed E-state index contributed by atoms with van der Waals surface area (Å²) >= 11 is 0. The fourth-order valence-electron chi connectivity index (χ4n) is 0.876. The van der Waals surface area contributed by atoms with Crippen molar-refractivity contribution in [3.8, 4) is 0 Å². The van der Waals surface area contributed by atoms with E-state index < -0.39 is 0 Å². The normalized spacial score (nSPS) is 11.6. The van der Waals surface area contributed by atoms with E-state index in [2.05, 4.69) is 28.1 Å². The van der Waals surface area contributed by atoms with Gasteiger partial charge in [0.25, 0.3) is 0 Å². The highest BCUT2D eigenvalue weighted by Gasteiger charge is 2.01. The Bertz CT molecular complexity index is 428. The van der Waals surface area contributed by atoms with Crippen LogP contribution in [-0.4, -0.2) is 28.0 Å². The van der Waals surface area contributed by atoms with Crippen LogP contribution in [0.1, 0.15) is 10.5 Å². The maximum Gasteiger partial charge on any atom is 0.234 e. The van der Waals surface area contributed by atoms with Crippen molar-refractivity contribution in [2.45, 2.75) is 0 Å². The van der Waals surface area contributed by atoms with Gasteiger partial charge in [-0.05, 0) is 0 Å². The van der Waals surface area contributed by atoms with Crippen molar-refractivity contribution in [3.05, 3.63) is 43.7 Å². The van der Waals surface area contributed by atoms with Crippen molar-refractivity contribution in [2.24, 2.45) is 9.98 Å². The number of allylic oxidation sites excluding steroid dienone is 1. The third-order valence-corrected chi connectivity index (χ3v) is 1.46. The summed E-state index contributed by atoms with van der Waals surface area (Å²) in [4.78, 5) is 22.2. The first-order chi connectivity index (χ1) is 7.31. The predicted molar refractivity (Wildman–Crippen MR) is 59.3 cm³/mol. The number of aliphatic imine (C=N–C) groups is 2. The highest BCUT2D eigenvalue weighted by molar-refractivity contribution is 5.92. The molecule has 0 amide bonds. The Morgan fingerprint density at radius 3 is 2.87 bits per heavy atom. The molecule has 0 saturated carbocycles. The van der Waals surface area contributed by atoms with Gasteiger partial charge in [0.1, 0.15) is 12.0 Å². The van der Waals surface area contributed by atoms with Crippen molar-refractivity contribution in [3.63, 3.8) is 0 Å². The zero-order chi connectivity index (χ0) is 11.1. The fourth-order valence-corrected chi connectivity index (χ4v) is 0.876. The summed E-state index contributed by atoms with van der Waals surface area (Å²) in [5.41, 5.74) is 0.320. The Morgan fingerprint density at radius 1 is 1.53 bits per heavy atom. The average molecular weight is 202 g/mol. The van der Waals surface area contributed by atoms with E-state index in [4.69, 9.17) is 0 Å². The lowest BCUT2D eigenvalue weighted by Gasteiger charge is -1.97. The molecule has 0 bridgehead atoms. The molecule has 0 fully saturated rings. The first-order valence-electron chi connectivity index (χ1n) is 4.15. The predicted octanol–water partition coefficient (Wildman–Crippen LogP) is 1.30. The van der Waals surface area contributed by atoms with E-state index in [-0.39, 0.29) is 0 Å². The molecule has 0 N–H and O–H groups in total. The Hall–Kier alpha value is -2.30. The van der Waals surface area contributed by atoms with E-state index in [1.165, 1.54) is 35.6 Å². The molecule has 0 aromatic carbocycles. The number of carbonyl (C=O) groups is 1. The van der Waals surface area contributed by atoms with Crippen LogP contribution in [0.5, 0.6) is 0 Å². The monoisotopic (exact) mass is 202 g/mol. The van der Waals surface area contributed by atoms with Crippen LogP contribution >= 0.6 is 0 Å². The number of hydrogen-bond acceptors (Lipinski definition) is 3. The fraction of sp³-hybridized carbons (Fsp3) is 0. The molecule has 1 rings (SSSR count). The topological polar surface area (TPSA) is 59.6 Å². The minimum absolute atomic E-state index is 0.320. The van der Waals surface area contributed by atoms with Gasteiger partial charge in [-0.2, -0.15) is 0 Å². The molecular formula is C10H10N4O. The quantitative estimate of drug-likeness (QED) is 0.421. The average Bonchev–Trinajstić information content (AvgIpc) is 2.72. The second-order valence-electron chi connectivity index (χ2n) is 2.45. The van der Waals surface area contributed by atoms with Gasteiger partial charge in [0.2, 0.25) is 5.96 Å². The third-order valence-electron chi connectivity index (χ3n) is 1.46. The van der Waals surface area contributed by atoms with Gasteiger partial charge in [-0.3, -0.25) is 9.36 Å². The molecule has 15 heavy (non-hydrogen) atoms. The van der Waals surface area contributed by atoms with Crippen molar-refractivity contribution in [1.29, 1.82) is 0 Å². The second kappa shape index (κ2) is 5.43. The molecule has 1 aromatic heterocycles. The summed E-state index contributed by atoms with van der Waals surface area (Å²) in [5.74, 6) is 0.366. The summed E-state index contributed by atoms with van der Waals surface area (Å²) in [6.45, 7) is 6.97. The molecule has 1 aromatic rings. The smallest absolute Gasteiger partial charge is 0.234 e. The maximum absolute atomic E-state index is 10.4. The lowest BCUT2D eigenvalue weighted by Crippen LogP contribution is -2.06. The van der Waals surface area contributed by atoms with Crippen LogP contribution in [0.2, 0.25) is 0 Å². The molecule has 1 heterocycles. The van der Waals surface area contributed by atoms with Gasteiger partial charge in [-0.25, -0.2) is 15.0 Å². The molecular weight excluding hydrogens is 192 g/mol. The molecule has 76 valence electrons. The standard InChI is InChI=1S/C10H10N4O/c1-3-5-12-10(11-4-2)14-6-9(7-15)13-8-14/h3-8H,1-2H2. The number of imidazole rings is 1. The molecule has 5 nitrogen and oxygen atoms in total. The first kappa shape index (κ1) is 10.8. The lowest BCUT2D eigenvalue weighted by molar-refractivity contribution is 0.111. The van der Waals surface area contributed by atoms with Crippen molar-refractivity contribution >= 4 is 18.5 Å². The number of nitrogens with zero attached hydrogens (tertiary/aromatic N) is 4. The van der Waals surface area contributed by atoms with Crippen LogP contribution in [0.15, 0.2) is 47.9 Å². The van der Waals surface area contributed by atoms with E-state index in [1.54, 1.807) is 0 Å². The van der Waals surface area contributed by atoms with Crippen LogP contribution in [-0.2, 0) is 0 Å². The van der Waals surface area contributed by atoms with Crippen molar-refractivity contribution < 1.29 is 4.79 Å². The van der Waals surface area contributed by atoms with Gasteiger partial charge in [-0.15, -0.1) is 0 Å². The molecule has 0 aliphatic rings. The molecule has 0 saturated heterocycles. The zero-order valence-electron chi connectivity index (χ0n) is 8.08. The summed E-state index contributed by atoms with van der Waals surface area (Å²) in [6, 6.07) is 0. The van der Waals surface area contributed by atoms with Crippen LogP contribution in [0.25, 0.3) is 0 Å². The summed E-state index contributed by atoms with van der Waals surface area (Å²) in [6.07, 6.45) is 8.00. The van der Waals surface area contributed by atoms with Crippen molar-refractivity contribution in [2.75, 3.05) is 0 Å². The highest BCUT2D eigenvalue weighted by Crippen LogP contribution is 1.95. The molecule has 0 unspecified atom stereocenters. The van der Waals surface area contributed by atoms with E-state index in [9.17, 15) is 4.79 Å².